The summed E-state index contributed by atoms with van der Waals surface area (Å²) in [6, 6.07) is 3.62. The lowest BCUT2D eigenvalue weighted by Gasteiger charge is -2.15. The molecule has 0 atom stereocenters. The van der Waals surface area contributed by atoms with Crippen molar-refractivity contribution in [3.63, 3.8) is 0 Å². The van der Waals surface area contributed by atoms with Crippen molar-refractivity contribution in [3.8, 4) is 0 Å². The molecule has 20 heavy (non-hydrogen) atoms. The highest BCUT2D eigenvalue weighted by atomic mass is 16.4. The normalized spacial score (nSPS) is 12.7. The first-order valence-electron chi connectivity index (χ1n) is 5.62. The van der Waals surface area contributed by atoms with Crippen LogP contribution in [0.4, 0.5) is 10.5 Å². The summed E-state index contributed by atoms with van der Waals surface area (Å²) in [6.07, 6.45) is 0. The number of amides is 4. The van der Waals surface area contributed by atoms with E-state index in [9.17, 15) is 19.2 Å². The van der Waals surface area contributed by atoms with E-state index in [1.54, 1.807) is 0 Å². The summed E-state index contributed by atoms with van der Waals surface area (Å²) in [5.41, 5.74) is 0.719. The van der Waals surface area contributed by atoms with Gasteiger partial charge in [-0.15, -0.1) is 0 Å². The van der Waals surface area contributed by atoms with Gasteiger partial charge in [0.15, 0.2) is 0 Å². The van der Waals surface area contributed by atoms with Gasteiger partial charge in [-0.25, -0.2) is 4.79 Å². The third-order valence-electron chi connectivity index (χ3n) is 2.71. The summed E-state index contributed by atoms with van der Waals surface area (Å²) < 4.78 is 0. The van der Waals surface area contributed by atoms with Crippen LogP contribution in [-0.4, -0.2) is 47.4 Å². The molecule has 0 radical (unpaired) electrons. The van der Waals surface area contributed by atoms with Gasteiger partial charge in [-0.1, -0.05) is 0 Å². The van der Waals surface area contributed by atoms with Crippen LogP contribution in [0.3, 0.4) is 0 Å². The molecule has 0 fully saturated rings. The molecule has 0 bridgehead atoms. The van der Waals surface area contributed by atoms with E-state index in [4.69, 9.17) is 5.11 Å². The molecule has 0 unspecified atom stereocenters. The molecule has 0 aromatic heterocycles. The van der Waals surface area contributed by atoms with E-state index in [0.29, 0.717) is 5.69 Å². The molecule has 1 aliphatic heterocycles. The number of fused-ring (bicyclic) bond motifs is 1. The molecule has 3 N–H and O–H groups in total. The van der Waals surface area contributed by atoms with Gasteiger partial charge < -0.3 is 15.3 Å². The number of carbonyl (C=O) groups is 4. The molecule has 0 saturated heterocycles. The number of nitrogens with one attached hydrogen (secondary N) is 2. The molecule has 0 saturated carbocycles. The van der Waals surface area contributed by atoms with Gasteiger partial charge in [-0.3, -0.25) is 19.7 Å². The zero-order valence-electron chi connectivity index (χ0n) is 10.5. The number of hydrogen-bond acceptors (Lipinski definition) is 4. The fourth-order valence-corrected chi connectivity index (χ4v) is 1.74. The minimum atomic E-state index is -1.14. The number of nitrogens with zero attached hydrogens (tertiary/aromatic N) is 1. The van der Waals surface area contributed by atoms with Crippen molar-refractivity contribution in [2.45, 2.75) is 0 Å². The summed E-state index contributed by atoms with van der Waals surface area (Å²) in [6.45, 7) is -0.449. The van der Waals surface area contributed by atoms with Crippen LogP contribution in [0.15, 0.2) is 18.2 Å². The molecule has 2 rings (SSSR count). The number of aliphatic carboxylic acids is 1. The van der Waals surface area contributed by atoms with Crippen molar-refractivity contribution >= 4 is 29.5 Å². The second-order valence-electron chi connectivity index (χ2n) is 4.22. The lowest BCUT2D eigenvalue weighted by atomic mass is 10.1. The zero-order valence-corrected chi connectivity index (χ0v) is 10.5. The summed E-state index contributed by atoms with van der Waals surface area (Å²) in [5, 5.41) is 13.2. The van der Waals surface area contributed by atoms with Crippen LogP contribution in [0.2, 0.25) is 0 Å². The summed E-state index contributed by atoms with van der Waals surface area (Å²) in [7, 11) is 1.33. The maximum absolute atomic E-state index is 11.7. The Morgan fingerprint density at radius 3 is 2.55 bits per heavy atom. The van der Waals surface area contributed by atoms with E-state index >= 15 is 0 Å². The number of carboxylic acid groups (broad SMARTS) is 1. The molecule has 1 heterocycles. The Bertz CT molecular complexity index is 626. The van der Waals surface area contributed by atoms with Gasteiger partial charge in [0, 0.05) is 12.7 Å². The van der Waals surface area contributed by atoms with Crippen LogP contribution in [0.1, 0.15) is 20.7 Å². The largest absolute Gasteiger partial charge is 0.480 e. The topological polar surface area (TPSA) is 116 Å². The molecular weight excluding hydrogens is 266 g/mol. The molecule has 1 aromatic carbocycles. The number of benzene rings is 1. The average molecular weight is 277 g/mol. The highest BCUT2D eigenvalue weighted by Gasteiger charge is 2.26. The molecule has 104 valence electrons. The summed E-state index contributed by atoms with van der Waals surface area (Å²) in [5.74, 6) is -2.15. The molecule has 1 aliphatic rings. The maximum Gasteiger partial charge on any atom is 0.323 e. The number of rotatable bonds is 3. The highest BCUT2D eigenvalue weighted by molar-refractivity contribution is 6.22. The molecule has 4 amide bonds. The number of urea groups is 1. The van der Waals surface area contributed by atoms with Crippen molar-refractivity contribution in [2.24, 2.45) is 0 Å². The van der Waals surface area contributed by atoms with Crippen molar-refractivity contribution in [2.75, 3.05) is 18.9 Å². The van der Waals surface area contributed by atoms with Crippen LogP contribution in [0.5, 0.6) is 0 Å². The minimum absolute atomic E-state index is 0.175. The van der Waals surface area contributed by atoms with Crippen LogP contribution >= 0.6 is 0 Å². The standard InChI is InChI=1S/C12H11N3O5/c1-15(5-9(16)17)12(20)13-6-2-3-7-8(4-6)11(19)14-10(7)18/h2-4H,5H2,1H3,(H,13,20)(H,16,17)(H,14,18,19). The number of imide groups is 1. The Hall–Kier alpha value is -2.90. The van der Waals surface area contributed by atoms with E-state index in [-0.39, 0.29) is 11.1 Å². The van der Waals surface area contributed by atoms with Crippen LogP contribution < -0.4 is 10.6 Å². The molecule has 8 nitrogen and oxygen atoms in total. The Labute approximate surface area is 113 Å². The minimum Gasteiger partial charge on any atom is -0.480 e. The number of likely N-dealkylation sites (N-methyl/N-ethyl adjacent to an activating group) is 1. The molecule has 8 heteroatoms. The molecule has 0 aliphatic carbocycles. The van der Waals surface area contributed by atoms with Gasteiger partial charge in [-0.05, 0) is 18.2 Å². The number of carboxylic acids is 1. The van der Waals surface area contributed by atoms with Gasteiger partial charge in [0.1, 0.15) is 6.54 Å². The number of hydrogen-bond donors (Lipinski definition) is 3. The van der Waals surface area contributed by atoms with Crippen LogP contribution in [-0.2, 0) is 4.79 Å². The fraction of sp³-hybridized carbons (Fsp3) is 0.167. The smallest absolute Gasteiger partial charge is 0.323 e. The lowest BCUT2D eigenvalue weighted by Crippen LogP contribution is -2.35. The SMILES string of the molecule is CN(CC(=O)O)C(=O)Nc1ccc2c(c1)C(=O)NC2=O. The first-order valence-corrected chi connectivity index (χ1v) is 5.62. The number of carbonyl (C=O) groups excluding carboxylic acids is 3. The Balaban J connectivity index is 2.14. The van der Waals surface area contributed by atoms with Crippen molar-refractivity contribution in [3.05, 3.63) is 29.3 Å². The zero-order chi connectivity index (χ0) is 14.9. The van der Waals surface area contributed by atoms with E-state index < -0.39 is 30.4 Å². The molecular formula is C12H11N3O5. The van der Waals surface area contributed by atoms with Crippen LogP contribution in [0.25, 0.3) is 0 Å². The highest BCUT2D eigenvalue weighted by Crippen LogP contribution is 2.20. The fourth-order valence-electron chi connectivity index (χ4n) is 1.74. The third kappa shape index (κ3) is 2.58. The Morgan fingerprint density at radius 1 is 1.25 bits per heavy atom. The van der Waals surface area contributed by atoms with Crippen LogP contribution in [0, 0.1) is 0 Å². The first-order chi connectivity index (χ1) is 9.38. The van der Waals surface area contributed by atoms with E-state index in [1.165, 1.54) is 25.2 Å². The predicted octanol–water partition coefficient (Wildman–Crippen LogP) is 0.118. The van der Waals surface area contributed by atoms with Crippen molar-refractivity contribution < 1.29 is 24.3 Å². The Kier molecular flexibility index (Phi) is 3.38. The van der Waals surface area contributed by atoms with E-state index in [2.05, 4.69) is 10.6 Å². The van der Waals surface area contributed by atoms with Gasteiger partial charge in [0.05, 0.1) is 11.1 Å². The first kappa shape index (κ1) is 13.5. The quantitative estimate of drug-likeness (QED) is 0.678. The number of anilines is 1. The monoisotopic (exact) mass is 277 g/mol. The van der Waals surface area contributed by atoms with Crippen molar-refractivity contribution in [1.29, 1.82) is 0 Å². The van der Waals surface area contributed by atoms with E-state index in [1.807, 2.05) is 0 Å². The third-order valence-corrected chi connectivity index (χ3v) is 2.71. The summed E-state index contributed by atoms with van der Waals surface area (Å²) in [4.78, 5) is 45.9. The predicted molar refractivity (Wildman–Crippen MR) is 67.5 cm³/mol. The van der Waals surface area contributed by atoms with E-state index in [0.717, 1.165) is 4.90 Å². The van der Waals surface area contributed by atoms with Gasteiger partial charge in [-0.2, -0.15) is 0 Å². The Morgan fingerprint density at radius 2 is 1.90 bits per heavy atom. The molecule has 1 aromatic rings. The van der Waals surface area contributed by atoms with Crippen molar-refractivity contribution in [1.82, 2.24) is 10.2 Å². The molecule has 0 spiro atoms. The second kappa shape index (κ2) is 5.00. The van der Waals surface area contributed by atoms with Gasteiger partial charge in [0.25, 0.3) is 11.8 Å². The lowest BCUT2D eigenvalue weighted by molar-refractivity contribution is -0.137. The van der Waals surface area contributed by atoms with Gasteiger partial charge in [0.2, 0.25) is 0 Å². The maximum atomic E-state index is 11.7. The summed E-state index contributed by atoms with van der Waals surface area (Å²) >= 11 is 0. The average Bonchev–Trinajstić information content (AvgIpc) is 2.64. The van der Waals surface area contributed by atoms with Gasteiger partial charge >= 0.3 is 12.0 Å². The second-order valence-corrected chi connectivity index (χ2v) is 4.22.